The third kappa shape index (κ3) is 6.79. The maximum absolute atomic E-state index is 12.0. The smallest absolute Gasteiger partial charge is 0.230 e. The van der Waals surface area contributed by atoms with Gasteiger partial charge in [0.15, 0.2) is 6.61 Å². The van der Waals surface area contributed by atoms with Gasteiger partial charge in [-0.3, -0.25) is 4.79 Å². The lowest BCUT2D eigenvalue weighted by atomic mass is 10.00. The van der Waals surface area contributed by atoms with E-state index in [1.54, 1.807) is 12.1 Å². The van der Waals surface area contributed by atoms with Crippen LogP contribution >= 0.6 is 0 Å². The number of carbonyl (C=O) groups excluding carboxylic acids is 1. The van der Waals surface area contributed by atoms with Crippen LogP contribution in [0.2, 0.25) is 0 Å². The van der Waals surface area contributed by atoms with Crippen molar-refractivity contribution < 1.29 is 14.6 Å². The van der Waals surface area contributed by atoms with Crippen molar-refractivity contribution in [3.8, 4) is 24.0 Å². The number of phenolic OH excluding ortho intramolecular Hbond substituents is 1. The molecule has 0 aliphatic carbocycles. The van der Waals surface area contributed by atoms with Gasteiger partial charge < -0.3 is 20.5 Å². The summed E-state index contributed by atoms with van der Waals surface area (Å²) in [5, 5.41) is 15.2. The fraction of sp³-hybridized carbons (Fsp3) is 0.174. The molecule has 154 valence electrons. The summed E-state index contributed by atoms with van der Waals surface area (Å²) in [7, 11) is 5.78. The molecule has 3 N–H and O–H groups in total. The first-order chi connectivity index (χ1) is 15.0. The van der Waals surface area contributed by atoms with Crippen molar-refractivity contribution in [2.45, 2.75) is 19.3 Å². The van der Waals surface area contributed by atoms with Crippen LogP contribution in [0.15, 0.2) is 54.7 Å². The highest BCUT2D eigenvalue weighted by atomic mass is 16.5. The van der Waals surface area contributed by atoms with Crippen molar-refractivity contribution >= 4 is 36.5 Å². The lowest BCUT2D eigenvalue weighted by Crippen LogP contribution is -2.14. The van der Waals surface area contributed by atoms with Crippen LogP contribution in [0.5, 0.6) is 11.6 Å². The van der Waals surface area contributed by atoms with Crippen molar-refractivity contribution in [2.75, 3.05) is 17.2 Å². The quantitative estimate of drug-likeness (QED) is 0.284. The summed E-state index contributed by atoms with van der Waals surface area (Å²) in [5.41, 5.74) is 2.89. The highest BCUT2D eigenvalue weighted by Crippen LogP contribution is 2.17. The number of aromatic hydroxyl groups is 1. The summed E-state index contributed by atoms with van der Waals surface area (Å²) in [4.78, 5) is 20.4. The maximum Gasteiger partial charge on any atom is 0.230 e. The molecule has 1 amide bonds. The van der Waals surface area contributed by atoms with Crippen LogP contribution in [-0.4, -0.2) is 35.4 Å². The number of hydrogen-bond donors (Lipinski definition) is 3. The van der Waals surface area contributed by atoms with Gasteiger partial charge in [-0.15, -0.1) is 6.42 Å². The van der Waals surface area contributed by atoms with Crippen molar-refractivity contribution in [3.05, 3.63) is 60.3 Å². The summed E-state index contributed by atoms with van der Waals surface area (Å²) in [6.45, 7) is 0.0717. The van der Waals surface area contributed by atoms with Gasteiger partial charge in [0.2, 0.25) is 17.7 Å². The summed E-state index contributed by atoms with van der Waals surface area (Å²) < 4.78 is 5.29. The first kappa shape index (κ1) is 21.7. The average Bonchev–Trinajstić information content (AvgIpc) is 2.77. The molecule has 0 bridgehead atoms. The van der Waals surface area contributed by atoms with Crippen LogP contribution in [-0.2, 0) is 11.2 Å². The minimum atomic E-state index is -0.0627. The lowest BCUT2D eigenvalue weighted by molar-refractivity contribution is -0.116. The Balaban J connectivity index is 1.47. The highest BCUT2D eigenvalue weighted by Gasteiger charge is 2.06. The second-order valence-corrected chi connectivity index (χ2v) is 6.72. The molecule has 0 saturated carbocycles. The lowest BCUT2D eigenvalue weighted by Gasteiger charge is -2.10. The minimum Gasteiger partial charge on any atom is -0.508 e. The van der Waals surface area contributed by atoms with Gasteiger partial charge in [0.1, 0.15) is 13.6 Å². The van der Waals surface area contributed by atoms with Crippen molar-refractivity contribution in [1.29, 1.82) is 0 Å². The average molecular weight is 412 g/mol. The summed E-state index contributed by atoms with van der Waals surface area (Å²) in [6.07, 6.45) is 8.53. The summed E-state index contributed by atoms with van der Waals surface area (Å²) in [6, 6.07) is 14.2. The van der Waals surface area contributed by atoms with Crippen LogP contribution in [0.1, 0.15) is 18.4 Å². The molecular weight excluding hydrogens is 391 g/mol. The van der Waals surface area contributed by atoms with Gasteiger partial charge in [-0.25, -0.2) is 4.98 Å². The molecule has 0 saturated heterocycles. The Bertz CT molecular complexity index is 1060. The third-order valence-corrected chi connectivity index (χ3v) is 4.30. The number of nitrogens with one attached hydrogen (secondary N) is 2. The molecule has 0 unspecified atom stereocenters. The number of amides is 1. The Hall–Kier alpha value is -3.99. The second kappa shape index (κ2) is 10.7. The topological polar surface area (TPSA) is 96.4 Å². The van der Waals surface area contributed by atoms with Crippen molar-refractivity contribution in [1.82, 2.24) is 9.97 Å². The minimum absolute atomic E-state index is 0.0627. The molecular formula is C23H21BN4O3. The Kier molecular flexibility index (Phi) is 7.49. The molecule has 7 nitrogen and oxygen atoms in total. The van der Waals surface area contributed by atoms with E-state index in [9.17, 15) is 9.90 Å². The number of nitrogens with zero attached hydrogens (tertiary/aromatic N) is 2. The Morgan fingerprint density at radius 1 is 1.13 bits per heavy atom. The normalized spacial score (nSPS) is 10.2. The Morgan fingerprint density at radius 2 is 1.84 bits per heavy atom. The van der Waals surface area contributed by atoms with Gasteiger partial charge in [0.05, 0.1) is 0 Å². The summed E-state index contributed by atoms with van der Waals surface area (Å²) >= 11 is 0. The maximum atomic E-state index is 12.0. The van der Waals surface area contributed by atoms with E-state index in [4.69, 9.17) is 19.0 Å². The number of ether oxygens (including phenoxy) is 1. The predicted octanol–water partition coefficient (Wildman–Crippen LogP) is 2.69. The van der Waals surface area contributed by atoms with Crippen molar-refractivity contribution in [2.24, 2.45) is 0 Å². The van der Waals surface area contributed by atoms with E-state index in [2.05, 4.69) is 26.5 Å². The monoisotopic (exact) mass is 412 g/mol. The fourth-order valence-electron chi connectivity index (χ4n) is 2.77. The van der Waals surface area contributed by atoms with Crippen LogP contribution < -0.4 is 20.8 Å². The largest absolute Gasteiger partial charge is 0.508 e. The third-order valence-electron chi connectivity index (χ3n) is 4.30. The molecule has 0 fully saturated rings. The van der Waals surface area contributed by atoms with Gasteiger partial charge in [0.25, 0.3) is 0 Å². The highest BCUT2D eigenvalue weighted by molar-refractivity contribution is 6.33. The van der Waals surface area contributed by atoms with Crippen molar-refractivity contribution in [3.63, 3.8) is 0 Å². The number of terminal acetylenes is 1. The van der Waals surface area contributed by atoms with Gasteiger partial charge in [-0.2, -0.15) is 4.98 Å². The molecule has 1 aromatic heterocycles. The molecule has 8 heteroatoms. The second-order valence-electron chi connectivity index (χ2n) is 6.72. The molecule has 31 heavy (non-hydrogen) atoms. The SMILES string of the molecule is [B]c1cnc(Nc2ccc(CCCC(=O)Nc3ccc(O)cc3)cc2)nc1OCC#C. The first-order valence-corrected chi connectivity index (χ1v) is 9.67. The zero-order chi connectivity index (χ0) is 22.1. The van der Waals surface area contributed by atoms with E-state index in [0.29, 0.717) is 29.9 Å². The molecule has 2 aromatic carbocycles. The van der Waals surface area contributed by atoms with E-state index >= 15 is 0 Å². The van der Waals surface area contributed by atoms with Crippen LogP contribution in [0.4, 0.5) is 17.3 Å². The zero-order valence-electron chi connectivity index (χ0n) is 16.8. The van der Waals surface area contributed by atoms with E-state index in [-0.39, 0.29) is 24.1 Å². The van der Waals surface area contributed by atoms with E-state index in [1.807, 2.05) is 24.3 Å². The molecule has 0 aliphatic rings. The van der Waals surface area contributed by atoms with Crippen LogP contribution in [0, 0.1) is 12.3 Å². The number of rotatable bonds is 9. The van der Waals surface area contributed by atoms with Crippen LogP contribution in [0.3, 0.4) is 0 Å². The molecule has 1 heterocycles. The number of benzene rings is 2. The Morgan fingerprint density at radius 3 is 2.55 bits per heavy atom. The fourth-order valence-corrected chi connectivity index (χ4v) is 2.77. The standard InChI is InChI=1S/C23H21BN4O3/c1-2-14-31-22-20(24)15-25-23(28-22)27-18-8-6-16(7-9-18)4-3-5-21(30)26-17-10-12-19(29)13-11-17/h1,6-13,15,29H,3-5,14H2,(H,26,30)(H,25,27,28). The van der Waals surface area contributed by atoms with Gasteiger partial charge in [-0.05, 0) is 60.3 Å². The van der Waals surface area contributed by atoms with Gasteiger partial charge >= 0.3 is 0 Å². The number of anilines is 3. The van der Waals surface area contributed by atoms with Gasteiger partial charge in [0, 0.05) is 24.0 Å². The zero-order valence-corrected chi connectivity index (χ0v) is 16.8. The van der Waals surface area contributed by atoms with E-state index in [0.717, 1.165) is 17.7 Å². The van der Waals surface area contributed by atoms with Gasteiger partial charge in [-0.1, -0.05) is 18.1 Å². The Labute approximate surface area is 182 Å². The number of carbonyl (C=O) groups is 1. The summed E-state index contributed by atoms with van der Waals surface area (Å²) in [5.74, 6) is 3.05. The van der Waals surface area contributed by atoms with Crippen LogP contribution in [0.25, 0.3) is 0 Å². The molecule has 3 rings (SSSR count). The van der Waals surface area contributed by atoms with E-state index < -0.39 is 0 Å². The first-order valence-electron chi connectivity index (χ1n) is 9.67. The number of phenols is 1. The molecule has 2 radical (unpaired) electrons. The predicted molar refractivity (Wildman–Crippen MR) is 121 cm³/mol. The number of aryl methyl sites for hydroxylation is 1. The van der Waals surface area contributed by atoms with E-state index in [1.165, 1.54) is 18.3 Å². The molecule has 3 aromatic rings. The molecule has 0 aliphatic heterocycles. The molecule has 0 spiro atoms. The molecule has 0 atom stereocenters. The number of aromatic nitrogens is 2. The number of hydrogen-bond acceptors (Lipinski definition) is 6.